The van der Waals surface area contributed by atoms with Gasteiger partial charge in [-0.2, -0.15) is 5.26 Å². The lowest BCUT2D eigenvalue weighted by atomic mass is 10.2. The highest BCUT2D eigenvalue weighted by Crippen LogP contribution is 2.29. The average Bonchev–Trinajstić information content (AvgIpc) is 3.09. The van der Waals surface area contributed by atoms with Gasteiger partial charge in [-0.15, -0.1) is 11.3 Å². The number of nitrogens with zero attached hydrogens (tertiary/aromatic N) is 3. The number of nitro groups is 1. The topological polar surface area (TPSA) is 130 Å². The Labute approximate surface area is 140 Å². The summed E-state index contributed by atoms with van der Waals surface area (Å²) in [6.45, 7) is 0. The number of rotatable bonds is 6. The lowest BCUT2D eigenvalue weighted by Crippen LogP contribution is -2.15. The van der Waals surface area contributed by atoms with Crippen molar-refractivity contribution in [2.24, 2.45) is 0 Å². The van der Waals surface area contributed by atoms with Gasteiger partial charge in [-0.25, -0.2) is 4.98 Å². The highest BCUT2D eigenvalue weighted by Gasteiger charge is 2.15. The van der Waals surface area contributed by atoms with E-state index in [1.807, 2.05) is 0 Å². The molecule has 0 bridgehead atoms. The van der Waals surface area contributed by atoms with Crippen LogP contribution in [-0.4, -0.2) is 22.9 Å². The van der Waals surface area contributed by atoms with E-state index < -0.39 is 10.8 Å². The zero-order chi connectivity index (χ0) is 17.5. The number of carbonyl (C=O) groups is 1. The zero-order valence-corrected chi connectivity index (χ0v) is 13.2. The highest BCUT2D eigenvalue weighted by atomic mass is 32.1. The standard InChI is InChI=1S/C14H11N5O4S/c1-23-12-6-10(19(21)22)2-3-11(12)18-13(20)9(7-15)8-17-14-16-4-5-24-14/h2-6,8H,1H3,(H,16,17)(H,18,20)/b9-8-. The number of hydrogen-bond acceptors (Lipinski definition) is 8. The Morgan fingerprint density at radius 3 is 2.92 bits per heavy atom. The molecule has 0 unspecified atom stereocenters. The first-order valence-corrected chi connectivity index (χ1v) is 7.33. The van der Waals surface area contributed by atoms with E-state index in [9.17, 15) is 14.9 Å². The molecule has 0 fully saturated rings. The number of thiazole rings is 1. The predicted octanol–water partition coefficient (Wildman–Crippen LogP) is 2.52. The van der Waals surface area contributed by atoms with Crippen molar-refractivity contribution >= 4 is 33.8 Å². The van der Waals surface area contributed by atoms with Crippen LogP contribution in [0.3, 0.4) is 0 Å². The maximum atomic E-state index is 12.1. The number of aromatic nitrogens is 1. The molecule has 0 atom stereocenters. The number of non-ortho nitro benzene ring substituents is 1. The third-order valence-electron chi connectivity index (χ3n) is 2.78. The van der Waals surface area contributed by atoms with Gasteiger partial charge in [0.25, 0.3) is 11.6 Å². The van der Waals surface area contributed by atoms with Crippen molar-refractivity contribution in [2.45, 2.75) is 0 Å². The van der Waals surface area contributed by atoms with E-state index in [1.54, 1.807) is 17.6 Å². The molecule has 10 heteroatoms. The van der Waals surface area contributed by atoms with Crippen LogP contribution >= 0.6 is 11.3 Å². The Kier molecular flexibility index (Phi) is 5.43. The number of hydrogen-bond donors (Lipinski definition) is 2. The summed E-state index contributed by atoms with van der Waals surface area (Å²) >= 11 is 1.31. The number of benzene rings is 1. The van der Waals surface area contributed by atoms with E-state index in [0.717, 1.165) is 0 Å². The summed E-state index contributed by atoms with van der Waals surface area (Å²) in [5, 5.41) is 27.3. The van der Waals surface area contributed by atoms with E-state index >= 15 is 0 Å². The molecule has 1 heterocycles. The van der Waals surface area contributed by atoms with Gasteiger partial charge in [0.2, 0.25) is 0 Å². The first-order chi connectivity index (χ1) is 11.5. The minimum Gasteiger partial charge on any atom is -0.494 e. The van der Waals surface area contributed by atoms with Crippen molar-refractivity contribution in [2.75, 3.05) is 17.7 Å². The van der Waals surface area contributed by atoms with Crippen molar-refractivity contribution in [3.05, 3.63) is 51.7 Å². The normalized spacial score (nSPS) is 10.6. The SMILES string of the molecule is COc1cc([N+](=O)[O-])ccc1NC(=O)/C(C#N)=C\Nc1nccs1. The van der Waals surface area contributed by atoms with Crippen LogP contribution in [0.5, 0.6) is 5.75 Å². The highest BCUT2D eigenvalue weighted by molar-refractivity contribution is 7.13. The maximum Gasteiger partial charge on any atom is 0.273 e. The summed E-state index contributed by atoms with van der Waals surface area (Å²) in [7, 11) is 1.32. The fourth-order valence-electron chi connectivity index (χ4n) is 1.66. The molecule has 122 valence electrons. The summed E-state index contributed by atoms with van der Waals surface area (Å²) < 4.78 is 5.02. The van der Waals surface area contributed by atoms with Crippen LogP contribution in [0.4, 0.5) is 16.5 Å². The van der Waals surface area contributed by atoms with E-state index in [0.29, 0.717) is 5.13 Å². The van der Waals surface area contributed by atoms with Gasteiger partial charge in [0.15, 0.2) is 5.13 Å². The molecule has 2 N–H and O–H groups in total. The molecule has 0 saturated heterocycles. The van der Waals surface area contributed by atoms with Crippen molar-refractivity contribution in [3.63, 3.8) is 0 Å². The molecule has 0 aliphatic carbocycles. The van der Waals surface area contributed by atoms with Crippen LogP contribution < -0.4 is 15.4 Å². The van der Waals surface area contributed by atoms with Crippen LogP contribution in [0, 0.1) is 21.4 Å². The van der Waals surface area contributed by atoms with Gasteiger partial charge in [0.05, 0.1) is 23.8 Å². The van der Waals surface area contributed by atoms with Crippen molar-refractivity contribution < 1.29 is 14.5 Å². The summed E-state index contributed by atoms with van der Waals surface area (Å²) in [5.74, 6) is -0.573. The van der Waals surface area contributed by atoms with Crippen LogP contribution in [-0.2, 0) is 4.79 Å². The van der Waals surface area contributed by atoms with Crippen LogP contribution in [0.25, 0.3) is 0 Å². The number of anilines is 2. The summed E-state index contributed by atoms with van der Waals surface area (Å²) in [5.41, 5.74) is -0.152. The van der Waals surface area contributed by atoms with E-state index in [1.165, 1.54) is 42.8 Å². The Bertz CT molecular complexity index is 826. The third-order valence-corrected chi connectivity index (χ3v) is 3.49. The van der Waals surface area contributed by atoms with Gasteiger partial charge in [0, 0.05) is 23.8 Å². The molecule has 0 aliphatic rings. The number of nitrogens with one attached hydrogen (secondary N) is 2. The Morgan fingerprint density at radius 1 is 1.54 bits per heavy atom. The molecule has 1 amide bonds. The lowest BCUT2D eigenvalue weighted by molar-refractivity contribution is -0.384. The predicted molar refractivity (Wildman–Crippen MR) is 87.7 cm³/mol. The number of nitriles is 1. The second kappa shape index (κ2) is 7.70. The monoisotopic (exact) mass is 345 g/mol. The molecule has 0 spiro atoms. The van der Waals surface area contributed by atoms with Crippen LogP contribution in [0.1, 0.15) is 0 Å². The number of ether oxygens (including phenoxy) is 1. The summed E-state index contributed by atoms with van der Waals surface area (Å²) in [6.07, 6.45) is 2.81. The van der Waals surface area contributed by atoms with Gasteiger partial charge in [-0.1, -0.05) is 0 Å². The quantitative estimate of drug-likeness (QED) is 0.356. The van der Waals surface area contributed by atoms with Crippen molar-refractivity contribution in [1.82, 2.24) is 4.98 Å². The maximum absolute atomic E-state index is 12.1. The third kappa shape index (κ3) is 4.05. The first-order valence-electron chi connectivity index (χ1n) is 6.45. The Hall–Kier alpha value is -3.45. The molecule has 9 nitrogen and oxygen atoms in total. The first kappa shape index (κ1) is 16.9. The van der Waals surface area contributed by atoms with Crippen molar-refractivity contribution in [3.8, 4) is 11.8 Å². The van der Waals surface area contributed by atoms with Gasteiger partial charge >= 0.3 is 0 Å². The minimum absolute atomic E-state index is 0.114. The number of methoxy groups -OCH3 is 1. The molecule has 1 aromatic heterocycles. The van der Waals surface area contributed by atoms with Gasteiger partial charge < -0.3 is 15.4 Å². The molecule has 0 saturated carbocycles. The number of carbonyl (C=O) groups excluding carboxylic acids is 1. The smallest absolute Gasteiger partial charge is 0.273 e. The Balaban J connectivity index is 2.17. The number of amides is 1. The average molecular weight is 345 g/mol. The van der Waals surface area contributed by atoms with E-state index in [2.05, 4.69) is 15.6 Å². The largest absolute Gasteiger partial charge is 0.494 e. The van der Waals surface area contributed by atoms with Crippen LogP contribution in [0.15, 0.2) is 41.5 Å². The molecule has 0 aliphatic heterocycles. The molecule has 2 aromatic rings. The molecule has 1 aromatic carbocycles. The van der Waals surface area contributed by atoms with Gasteiger partial charge in [-0.3, -0.25) is 14.9 Å². The van der Waals surface area contributed by atoms with Crippen molar-refractivity contribution in [1.29, 1.82) is 5.26 Å². The molecular weight excluding hydrogens is 334 g/mol. The Morgan fingerprint density at radius 2 is 2.33 bits per heavy atom. The number of nitro benzene ring substituents is 1. The molecule has 2 rings (SSSR count). The second-order valence-electron chi connectivity index (χ2n) is 4.25. The van der Waals surface area contributed by atoms with Gasteiger partial charge in [-0.05, 0) is 6.07 Å². The molecular formula is C14H11N5O4S. The summed E-state index contributed by atoms with van der Waals surface area (Å²) in [4.78, 5) is 26.3. The lowest BCUT2D eigenvalue weighted by Gasteiger charge is -2.09. The fraction of sp³-hybridized carbons (Fsp3) is 0.0714. The molecule has 0 radical (unpaired) electrons. The van der Waals surface area contributed by atoms with E-state index in [-0.39, 0.29) is 22.7 Å². The summed E-state index contributed by atoms with van der Waals surface area (Å²) in [6, 6.07) is 5.50. The zero-order valence-electron chi connectivity index (χ0n) is 12.3. The van der Waals surface area contributed by atoms with E-state index in [4.69, 9.17) is 10.00 Å². The molecule has 24 heavy (non-hydrogen) atoms. The van der Waals surface area contributed by atoms with Gasteiger partial charge in [0.1, 0.15) is 17.4 Å². The fourth-order valence-corrected chi connectivity index (χ4v) is 2.16. The second-order valence-corrected chi connectivity index (χ2v) is 5.14. The minimum atomic E-state index is -0.686. The van der Waals surface area contributed by atoms with Crippen LogP contribution in [0.2, 0.25) is 0 Å².